The fourth-order valence-electron chi connectivity index (χ4n) is 2.52. The first kappa shape index (κ1) is 13.4. The van der Waals surface area contributed by atoms with Crippen molar-refractivity contribution >= 4 is 16.7 Å². The molecule has 0 fully saturated rings. The fraction of sp³-hybridized carbons (Fsp3) is 0.176. The Morgan fingerprint density at radius 1 is 1.19 bits per heavy atom. The van der Waals surface area contributed by atoms with Crippen LogP contribution in [0.3, 0.4) is 0 Å². The molecule has 0 aliphatic rings. The van der Waals surface area contributed by atoms with Gasteiger partial charge in [0.15, 0.2) is 0 Å². The second-order valence-electron chi connectivity index (χ2n) is 5.17. The van der Waals surface area contributed by atoms with Crippen LogP contribution in [0.4, 0.5) is 0 Å². The van der Waals surface area contributed by atoms with Crippen LogP contribution in [0.1, 0.15) is 28.9 Å². The second kappa shape index (κ2) is 5.40. The van der Waals surface area contributed by atoms with Gasteiger partial charge < -0.3 is 5.32 Å². The average molecular weight is 279 g/mol. The van der Waals surface area contributed by atoms with Crippen LogP contribution in [0.25, 0.3) is 10.8 Å². The lowest BCUT2D eigenvalue weighted by Crippen LogP contribution is -2.26. The second-order valence-corrected chi connectivity index (χ2v) is 5.17. The van der Waals surface area contributed by atoms with Crippen LogP contribution in [-0.4, -0.2) is 15.7 Å². The Kier molecular flexibility index (Phi) is 3.44. The van der Waals surface area contributed by atoms with E-state index in [9.17, 15) is 4.79 Å². The third-order valence-corrected chi connectivity index (χ3v) is 3.60. The van der Waals surface area contributed by atoms with Crippen LogP contribution >= 0.6 is 0 Å². The molecule has 0 radical (unpaired) electrons. The summed E-state index contributed by atoms with van der Waals surface area (Å²) in [7, 11) is 1.80. The van der Waals surface area contributed by atoms with Gasteiger partial charge in [0.1, 0.15) is 0 Å². The molecule has 1 atom stereocenters. The molecule has 1 amide bonds. The van der Waals surface area contributed by atoms with Gasteiger partial charge >= 0.3 is 0 Å². The van der Waals surface area contributed by atoms with Gasteiger partial charge in [-0.3, -0.25) is 9.48 Å². The van der Waals surface area contributed by atoms with Crippen molar-refractivity contribution in [1.29, 1.82) is 0 Å². The molecule has 1 N–H and O–H groups in total. The molecule has 0 saturated carbocycles. The number of aromatic nitrogens is 2. The summed E-state index contributed by atoms with van der Waals surface area (Å²) in [4.78, 5) is 12.2. The van der Waals surface area contributed by atoms with Gasteiger partial charge in [-0.25, -0.2) is 0 Å². The topological polar surface area (TPSA) is 46.9 Å². The highest BCUT2D eigenvalue weighted by molar-refractivity contribution is 5.94. The number of hydrogen-bond donors (Lipinski definition) is 1. The lowest BCUT2D eigenvalue weighted by Gasteiger charge is -2.16. The predicted octanol–water partition coefficient (Wildman–Crippen LogP) is 3.06. The van der Waals surface area contributed by atoms with E-state index in [1.54, 1.807) is 24.1 Å². The van der Waals surface area contributed by atoms with E-state index in [0.29, 0.717) is 5.56 Å². The number of hydrogen-bond acceptors (Lipinski definition) is 2. The highest BCUT2D eigenvalue weighted by Gasteiger charge is 2.14. The van der Waals surface area contributed by atoms with Crippen molar-refractivity contribution < 1.29 is 4.79 Å². The summed E-state index contributed by atoms with van der Waals surface area (Å²) in [5.41, 5.74) is 1.69. The van der Waals surface area contributed by atoms with Crippen molar-refractivity contribution in [2.45, 2.75) is 13.0 Å². The lowest BCUT2D eigenvalue weighted by atomic mass is 9.99. The molecule has 0 aliphatic carbocycles. The van der Waals surface area contributed by atoms with Crippen LogP contribution in [0.15, 0.2) is 54.9 Å². The molecule has 21 heavy (non-hydrogen) atoms. The highest BCUT2D eigenvalue weighted by Crippen LogP contribution is 2.24. The molecule has 3 aromatic rings. The minimum Gasteiger partial charge on any atom is -0.345 e. The van der Waals surface area contributed by atoms with Crippen molar-refractivity contribution in [3.8, 4) is 0 Å². The number of benzene rings is 2. The third kappa shape index (κ3) is 2.65. The van der Waals surface area contributed by atoms with Crippen molar-refractivity contribution in [1.82, 2.24) is 15.1 Å². The highest BCUT2D eigenvalue weighted by atomic mass is 16.1. The molecule has 0 aliphatic heterocycles. The number of nitrogens with one attached hydrogen (secondary N) is 1. The zero-order chi connectivity index (χ0) is 14.8. The first-order valence-corrected chi connectivity index (χ1v) is 6.92. The summed E-state index contributed by atoms with van der Waals surface area (Å²) in [5.74, 6) is -0.108. The van der Waals surface area contributed by atoms with E-state index >= 15 is 0 Å². The Morgan fingerprint density at radius 3 is 2.71 bits per heavy atom. The maximum atomic E-state index is 12.2. The van der Waals surface area contributed by atoms with Gasteiger partial charge in [-0.15, -0.1) is 0 Å². The number of amides is 1. The number of rotatable bonds is 3. The molecular weight excluding hydrogens is 262 g/mol. The van der Waals surface area contributed by atoms with Gasteiger partial charge in [0.2, 0.25) is 0 Å². The smallest absolute Gasteiger partial charge is 0.254 e. The summed E-state index contributed by atoms with van der Waals surface area (Å²) >= 11 is 0. The van der Waals surface area contributed by atoms with Crippen molar-refractivity contribution in [2.75, 3.05) is 0 Å². The van der Waals surface area contributed by atoms with Gasteiger partial charge in [0, 0.05) is 13.2 Å². The first-order chi connectivity index (χ1) is 10.1. The first-order valence-electron chi connectivity index (χ1n) is 6.92. The Hall–Kier alpha value is -2.62. The van der Waals surface area contributed by atoms with Crippen LogP contribution in [0, 0.1) is 0 Å². The molecule has 1 heterocycles. The van der Waals surface area contributed by atoms with E-state index < -0.39 is 0 Å². The standard InChI is InChI=1S/C17H17N3O/c1-12(19-17(21)14-10-18-20(2)11-14)15-9-5-7-13-6-3-4-8-16(13)15/h3-12H,1-2H3,(H,19,21). The number of carbonyl (C=O) groups excluding carboxylic acids is 1. The van der Waals surface area contributed by atoms with E-state index in [-0.39, 0.29) is 11.9 Å². The monoisotopic (exact) mass is 279 g/mol. The van der Waals surface area contributed by atoms with E-state index in [4.69, 9.17) is 0 Å². The fourth-order valence-corrected chi connectivity index (χ4v) is 2.52. The van der Waals surface area contributed by atoms with Crippen LogP contribution in [0.2, 0.25) is 0 Å². The third-order valence-electron chi connectivity index (χ3n) is 3.60. The van der Waals surface area contributed by atoms with Crippen LogP contribution < -0.4 is 5.32 Å². The molecular formula is C17H17N3O. The predicted molar refractivity (Wildman–Crippen MR) is 83.0 cm³/mol. The zero-order valence-electron chi connectivity index (χ0n) is 12.1. The molecule has 4 nitrogen and oxygen atoms in total. The molecule has 1 unspecified atom stereocenters. The van der Waals surface area contributed by atoms with Gasteiger partial charge in [-0.05, 0) is 23.3 Å². The van der Waals surface area contributed by atoms with Gasteiger partial charge in [-0.2, -0.15) is 5.10 Å². The minimum atomic E-state index is -0.108. The molecule has 0 spiro atoms. The number of carbonyl (C=O) groups is 1. The van der Waals surface area contributed by atoms with Crippen LogP contribution in [0.5, 0.6) is 0 Å². The molecule has 0 bridgehead atoms. The normalized spacial score (nSPS) is 12.3. The minimum absolute atomic E-state index is 0.0659. The number of nitrogens with zero attached hydrogens (tertiary/aromatic N) is 2. The van der Waals surface area contributed by atoms with Crippen molar-refractivity contribution in [3.05, 3.63) is 66.0 Å². The van der Waals surface area contributed by atoms with E-state index in [1.807, 2.05) is 25.1 Å². The zero-order valence-corrected chi connectivity index (χ0v) is 12.1. The molecule has 1 aromatic heterocycles. The Balaban J connectivity index is 1.87. The van der Waals surface area contributed by atoms with E-state index in [2.05, 4.69) is 34.7 Å². The SMILES string of the molecule is CC(NC(=O)c1cnn(C)c1)c1cccc2ccccc12. The number of aryl methyl sites for hydroxylation is 1. The van der Waals surface area contributed by atoms with Gasteiger partial charge in [-0.1, -0.05) is 42.5 Å². The summed E-state index contributed by atoms with van der Waals surface area (Å²) in [5, 5.41) is 9.39. The Bertz CT molecular complexity index is 786. The van der Waals surface area contributed by atoms with Gasteiger partial charge in [0.05, 0.1) is 17.8 Å². The summed E-state index contributed by atoms with van der Waals surface area (Å²) in [6.07, 6.45) is 3.29. The van der Waals surface area contributed by atoms with Crippen LogP contribution in [-0.2, 0) is 7.05 Å². The molecule has 4 heteroatoms. The Labute approximate surface area is 123 Å². The van der Waals surface area contributed by atoms with Gasteiger partial charge in [0.25, 0.3) is 5.91 Å². The quantitative estimate of drug-likeness (QED) is 0.801. The van der Waals surface area contributed by atoms with E-state index in [0.717, 1.165) is 5.56 Å². The maximum absolute atomic E-state index is 12.2. The average Bonchev–Trinajstić information content (AvgIpc) is 2.93. The largest absolute Gasteiger partial charge is 0.345 e. The molecule has 3 rings (SSSR count). The molecule has 2 aromatic carbocycles. The maximum Gasteiger partial charge on any atom is 0.254 e. The number of fused-ring (bicyclic) bond motifs is 1. The molecule has 106 valence electrons. The van der Waals surface area contributed by atoms with E-state index in [1.165, 1.54) is 10.8 Å². The summed E-state index contributed by atoms with van der Waals surface area (Å²) in [6.45, 7) is 2.00. The lowest BCUT2D eigenvalue weighted by molar-refractivity contribution is 0.0940. The molecule has 0 saturated heterocycles. The summed E-state index contributed by atoms with van der Waals surface area (Å²) in [6, 6.07) is 14.3. The summed E-state index contributed by atoms with van der Waals surface area (Å²) < 4.78 is 1.62. The Morgan fingerprint density at radius 2 is 1.95 bits per heavy atom. The van der Waals surface area contributed by atoms with Crippen molar-refractivity contribution in [3.63, 3.8) is 0 Å². The van der Waals surface area contributed by atoms with Crippen molar-refractivity contribution in [2.24, 2.45) is 7.05 Å².